The number of methoxy groups -OCH3 is 1. The summed E-state index contributed by atoms with van der Waals surface area (Å²) in [6, 6.07) is 12.3. The van der Waals surface area contributed by atoms with Gasteiger partial charge in [-0.1, -0.05) is 18.6 Å². The lowest BCUT2D eigenvalue weighted by atomic mass is 10.1. The van der Waals surface area contributed by atoms with Crippen molar-refractivity contribution in [1.82, 2.24) is 9.62 Å². The molecule has 8 nitrogen and oxygen atoms in total. The van der Waals surface area contributed by atoms with Crippen molar-refractivity contribution >= 4 is 15.9 Å². The molecule has 2 heterocycles. The first kappa shape index (κ1) is 23.4. The summed E-state index contributed by atoms with van der Waals surface area (Å²) < 4.78 is 44.5. The van der Waals surface area contributed by atoms with Gasteiger partial charge in [-0.15, -0.1) is 0 Å². The normalized spacial score (nSPS) is 18.5. The van der Waals surface area contributed by atoms with Gasteiger partial charge >= 0.3 is 0 Å². The molecule has 1 fully saturated rings. The Morgan fingerprint density at radius 3 is 2.64 bits per heavy atom. The number of piperidine rings is 1. The van der Waals surface area contributed by atoms with Crippen molar-refractivity contribution in [3.05, 3.63) is 48.0 Å². The van der Waals surface area contributed by atoms with E-state index in [9.17, 15) is 13.2 Å². The van der Waals surface area contributed by atoms with E-state index in [0.717, 1.165) is 19.3 Å². The number of sulfonamides is 1. The van der Waals surface area contributed by atoms with Crippen LogP contribution in [0.15, 0.2) is 47.4 Å². The highest BCUT2D eigenvalue weighted by atomic mass is 32.2. The second-order valence-electron chi connectivity index (χ2n) is 8.24. The van der Waals surface area contributed by atoms with Gasteiger partial charge in [-0.3, -0.25) is 4.79 Å². The zero-order valence-electron chi connectivity index (χ0n) is 18.8. The van der Waals surface area contributed by atoms with Gasteiger partial charge in [0.25, 0.3) is 0 Å². The average Bonchev–Trinajstić information content (AvgIpc) is 2.86. The third kappa shape index (κ3) is 5.59. The molecule has 0 radical (unpaired) electrons. The monoisotopic (exact) mass is 474 g/mol. The van der Waals surface area contributed by atoms with Crippen molar-refractivity contribution in [3.8, 4) is 17.2 Å². The maximum absolute atomic E-state index is 13.0. The van der Waals surface area contributed by atoms with Crippen LogP contribution < -0.4 is 19.5 Å². The zero-order chi connectivity index (χ0) is 23.3. The van der Waals surface area contributed by atoms with E-state index in [-0.39, 0.29) is 23.3 Å². The first-order valence-electron chi connectivity index (χ1n) is 11.3. The Kier molecular flexibility index (Phi) is 7.39. The molecule has 1 amide bonds. The third-order valence-electron chi connectivity index (χ3n) is 5.92. The van der Waals surface area contributed by atoms with E-state index in [1.54, 1.807) is 22.5 Å². The van der Waals surface area contributed by atoms with Crippen LogP contribution in [-0.4, -0.2) is 58.1 Å². The molecule has 1 atom stereocenters. The molecule has 1 N–H and O–H groups in total. The van der Waals surface area contributed by atoms with Gasteiger partial charge in [0.15, 0.2) is 11.5 Å². The van der Waals surface area contributed by atoms with Crippen LogP contribution in [0.2, 0.25) is 0 Å². The number of benzene rings is 2. The highest BCUT2D eigenvalue weighted by Gasteiger charge is 2.27. The van der Waals surface area contributed by atoms with Gasteiger partial charge < -0.3 is 19.5 Å². The summed E-state index contributed by atoms with van der Waals surface area (Å²) >= 11 is 0. The molecule has 2 aromatic rings. The van der Waals surface area contributed by atoms with Crippen LogP contribution >= 0.6 is 0 Å². The molecule has 178 valence electrons. The molecule has 2 aliphatic rings. The van der Waals surface area contributed by atoms with Crippen molar-refractivity contribution < 1.29 is 27.4 Å². The fraction of sp³-hybridized carbons (Fsp3) is 0.458. The minimum absolute atomic E-state index is 0.149. The Morgan fingerprint density at radius 1 is 1.12 bits per heavy atom. The van der Waals surface area contributed by atoms with Gasteiger partial charge in [-0.2, -0.15) is 4.31 Å². The van der Waals surface area contributed by atoms with Crippen LogP contribution in [0.1, 0.15) is 31.2 Å². The predicted octanol–water partition coefficient (Wildman–Crippen LogP) is 2.76. The fourth-order valence-corrected chi connectivity index (χ4v) is 5.66. The van der Waals surface area contributed by atoms with Crippen LogP contribution in [-0.2, 0) is 21.2 Å². The number of hydrogen-bond donors (Lipinski definition) is 1. The van der Waals surface area contributed by atoms with E-state index in [1.165, 1.54) is 7.11 Å². The molecular formula is C24H30N2O6S. The molecule has 0 spiro atoms. The van der Waals surface area contributed by atoms with Crippen molar-refractivity contribution in [1.29, 1.82) is 0 Å². The largest absolute Gasteiger partial charge is 0.496 e. The van der Waals surface area contributed by atoms with E-state index in [1.807, 2.05) is 24.3 Å². The summed E-state index contributed by atoms with van der Waals surface area (Å²) in [6.07, 6.45) is 3.11. The van der Waals surface area contributed by atoms with E-state index in [0.29, 0.717) is 55.5 Å². The maximum atomic E-state index is 13.0. The first-order chi connectivity index (χ1) is 16.0. The summed E-state index contributed by atoms with van der Waals surface area (Å²) in [5.41, 5.74) is 0.692. The smallest absolute Gasteiger partial charge is 0.243 e. The molecular weight excluding hydrogens is 444 g/mol. The summed E-state index contributed by atoms with van der Waals surface area (Å²) in [7, 11) is -2.01. The summed E-state index contributed by atoms with van der Waals surface area (Å²) in [5, 5.41) is 2.88. The Balaban J connectivity index is 1.34. The molecule has 0 aliphatic carbocycles. The second-order valence-corrected chi connectivity index (χ2v) is 10.2. The molecule has 0 unspecified atom stereocenters. The Hall–Kier alpha value is -2.78. The van der Waals surface area contributed by atoms with Gasteiger partial charge in [-0.05, 0) is 55.2 Å². The molecule has 0 saturated carbocycles. The lowest BCUT2D eigenvalue weighted by Gasteiger charge is -2.26. The first-order valence-corrected chi connectivity index (χ1v) is 12.7. The average molecular weight is 475 g/mol. The summed E-state index contributed by atoms with van der Waals surface area (Å²) in [4.78, 5) is 12.7. The predicted molar refractivity (Wildman–Crippen MR) is 123 cm³/mol. The van der Waals surface area contributed by atoms with E-state index < -0.39 is 10.0 Å². The number of fused-ring (bicyclic) bond motifs is 1. The molecule has 9 heteroatoms. The van der Waals surface area contributed by atoms with E-state index in [4.69, 9.17) is 14.2 Å². The van der Waals surface area contributed by atoms with Crippen LogP contribution in [0.25, 0.3) is 0 Å². The Labute approximate surface area is 194 Å². The van der Waals surface area contributed by atoms with Gasteiger partial charge in [-0.25, -0.2) is 8.42 Å². The summed E-state index contributed by atoms with van der Waals surface area (Å²) in [5.74, 6) is 1.79. The minimum atomic E-state index is -3.55. The minimum Gasteiger partial charge on any atom is -0.496 e. The molecule has 1 saturated heterocycles. The van der Waals surface area contributed by atoms with Gasteiger partial charge in [0, 0.05) is 19.5 Å². The number of nitrogens with one attached hydrogen (secondary N) is 1. The van der Waals surface area contributed by atoms with Gasteiger partial charge in [0.1, 0.15) is 18.5 Å². The van der Waals surface area contributed by atoms with Crippen LogP contribution in [0, 0.1) is 0 Å². The number of carbonyl (C=O) groups is 1. The van der Waals surface area contributed by atoms with Crippen molar-refractivity contribution in [2.24, 2.45) is 0 Å². The van der Waals surface area contributed by atoms with Crippen molar-refractivity contribution in [2.45, 2.75) is 43.1 Å². The lowest BCUT2D eigenvalue weighted by molar-refractivity contribution is -0.121. The second kappa shape index (κ2) is 10.4. The van der Waals surface area contributed by atoms with Gasteiger partial charge in [0.2, 0.25) is 15.9 Å². The Morgan fingerprint density at radius 2 is 1.88 bits per heavy atom. The number of amides is 1. The highest BCUT2D eigenvalue weighted by Crippen LogP contribution is 2.31. The zero-order valence-corrected chi connectivity index (χ0v) is 19.6. The quantitative estimate of drug-likeness (QED) is 0.632. The van der Waals surface area contributed by atoms with Gasteiger partial charge in [0.05, 0.1) is 18.6 Å². The molecule has 0 aromatic heterocycles. The van der Waals surface area contributed by atoms with Crippen LogP contribution in [0.3, 0.4) is 0 Å². The SMILES string of the molecule is COc1ccc(S(=O)(=O)N2CCCCC2)cc1CCC(=O)NC[C@@H]1COc2ccccc2O1. The van der Waals surface area contributed by atoms with Crippen LogP contribution in [0.5, 0.6) is 17.2 Å². The molecule has 2 aliphatic heterocycles. The number of ether oxygens (including phenoxy) is 3. The number of carbonyl (C=O) groups excluding carboxylic acids is 1. The standard InChI is InChI=1S/C24H30N2O6S/c1-30-21-11-10-20(33(28,29)26-13-5-2-6-14-26)15-18(21)9-12-24(27)25-16-19-17-31-22-7-3-4-8-23(22)32-19/h3-4,7-8,10-11,15,19H,2,5-6,9,12-14,16-17H2,1H3,(H,25,27)/t19-/m1/s1. The van der Waals surface area contributed by atoms with Crippen LogP contribution in [0.4, 0.5) is 0 Å². The number of para-hydroxylation sites is 2. The fourth-order valence-electron chi connectivity index (χ4n) is 4.09. The topological polar surface area (TPSA) is 94.2 Å². The van der Waals surface area contributed by atoms with E-state index >= 15 is 0 Å². The molecule has 4 rings (SSSR count). The number of rotatable bonds is 8. The summed E-state index contributed by atoms with van der Waals surface area (Å²) in [6.45, 7) is 1.78. The highest BCUT2D eigenvalue weighted by molar-refractivity contribution is 7.89. The molecule has 2 aromatic carbocycles. The number of nitrogens with zero attached hydrogens (tertiary/aromatic N) is 1. The molecule has 33 heavy (non-hydrogen) atoms. The lowest BCUT2D eigenvalue weighted by Crippen LogP contribution is -2.40. The number of hydrogen-bond acceptors (Lipinski definition) is 6. The maximum Gasteiger partial charge on any atom is 0.243 e. The third-order valence-corrected chi connectivity index (χ3v) is 7.82. The number of aryl methyl sites for hydroxylation is 1. The Bertz CT molecular complexity index is 1080. The van der Waals surface area contributed by atoms with E-state index in [2.05, 4.69) is 5.32 Å². The van der Waals surface area contributed by atoms with Crippen molar-refractivity contribution in [3.63, 3.8) is 0 Å². The molecule has 0 bridgehead atoms. The van der Waals surface area contributed by atoms with Crippen molar-refractivity contribution in [2.75, 3.05) is 33.4 Å².